The Labute approximate surface area is 277 Å². The summed E-state index contributed by atoms with van der Waals surface area (Å²) < 4.78 is 1.97. The summed E-state index contributed by atoms with van der Waals surface area (Å²) in [6.45, 7) is 0. The number of aromatic amines is 2. The molecule has 6 heterocycles. The Morgan fingerprint density at radius 2 is 0.792 bits per heavy atom. The van der Waals surface area contributed by atoms with Crippen molar-refractivity contribution in [2.45, 2.75) is 0 Å². The fraction of sp³-hybridized carbons (Fsp3) is 0.0238. The van der Waals surface area contributed by atoms with E-state index in [1.54, 1.807) is 0 Å². The quantitative estimate of drug-likeness (QED) is 0.206. The van der Waals surface area contributed by atoms with Gasteiger partial charge in [0.15, 0.2) is 0 Å². The minimum atomic E-state index is 0.843. The lowest BCUT2D eigenvalue weighted by Gasteiger charge is -2.06. The van der Waals surface area contributed by atoms with Crippen LogP contribution in [0.4, 0.5) is 0 Å². The molecule has 6 heteroatoms. The molecule has 3 aromatic carbocycles. The molecule has 6 nitrogen and oxygen atoms in total. The number of rotatable bonds is 4. The third kappa shape index (κ3) is 4.79. The Morgan fingerprint density at radius 3 is 1.15 bits per heavy atom. The van der Waals surface area contributed by atoms with Crippen LogP contribution in [0.15, 0.2) is 128 Å². The summed E-state index contributed by atoms with van der Waals surface area (Å²) in [7, 11) is 1.99. The third-order valence-electron chi connectivity index (χ3n) is 8.90. The molecule has 0 spiro atoms. The summed E-state index contributed by atoms with van der Waals surface area (Å²) in [6, 6.07) is 39.9. The van der Waals surface area contributed by atoms with Gasteiger partial charge in [-0.2, -0.15) is 0 Å². The van der Waals surface area contributed by atoms with Crippen LogP contribution in [-0.4, -0.2) is 29.5 Å². The van der Waals surface area contributed by atoms with Gasteiger partial charge in [-0.15, -0.1) is 0 Å². The molecule has 2 N–H and O–H groups in total. The van der Waals surface area contributed by atoms with Crippen molar-refractivity contribution in [3.63, 3.8) is 0 Å². The van der Waals surface area contributed by atoms with Crippen molar-refractivity contribution >= 4 is 46.4 Å². The van der Waals surface area contributed by atoms with E-state index in [1.807, 2.05) is 42.3 Å². The second kappa shape index (κ2) is 11.4. The molecular formula is C42H30N6. The fourth-order valence-electron chi connectivity index (χ4n) is 6.74. The largest absolute Gasteiger partial charge is 0.354 e. The first-order chi connectivity index (χ1) is 23.7. The van der Waals surface area contributed by atoms with Gasteiger partial charge in [-0.25, -0.2) is 15.0 Å². The molecule has 0 aliphatic carbocycles. The van der Waals surface area contributed by atoms with Crippen molar-refractivity contribution < 1.29 is 0 Å². The van der Waals surface area contributed by atoms with Gasteiger partial charge < -0.3 is 14.5 Å². The smallest absolute Gasteiger partial charge is 0.0951 e. The molecule has 228 valence electrons. The summed E-state index contributed by atoms with van der Waals surface area (Å²) in [5.74, 6) is 0. The maximum Gasteiger partial charge on any atom is 0.0951 e. The van der Waals surface area contributed by atoms with Crippen molar-refractivity contribution in [2.75, 3.05) is 0 Å². The van der Waals surface area contributed by atoms with Crippen LogP contribution in [-0.2, 0) is 7.05 Å². The summed E-state index contributed by atoms with van der Waals surface area (Å²) in [6.07, 6.45) is 12.3. The zero-order valence-electron chi connectivity index (χ0n) is 26.2. The summed E-state index contributed by atoms with van der Waals surface area (Å²) in [5, 5.41) is 0. The molecule has 2 aliphatic heterocycles. The predicted octanol–water partition coefficient (Wildman–Crippen LogP) is 10.1. The molecule has 0 saturated heterocycles. The van der Waals surface area contributed by atoms with Crippen molar-refractivity contribution in [2.24, 2.45) is 7.05 Å². The highest BCUT2D eigenvalue weighted by Crippen LogP contribution is 2.37. The van der Waals surface area contributed by atoms with Crippen molar-refractivity contribution in [3.8, 4) is 44.6 Å². The maximum atomic E-state index is 5.34. The van der Waals surface area contributed by atoms with Crippen LogP contribution < -0.4 is 0 Å². The van der Waals surface area contributed by atoms with Gasteiger partial charge in [0.05, 0.1) is 45.9 Å². The van der Waals surface area contributed by atoms with E-state index in [2.05, 4.69) is 131 Å². The topological polar surface area (TPSA) is 75.2 Å². The van der Waals surface area contributed by atoms with E-state index >= 15 is 0 Å². The van der Waals surface area contributed by atoms with E-state index < -0.39 is 0 Å². The second-order valence-electron chi connectivity index (χ2n) is 12.0. The summed E-state index contributed by atoms with van der Waals surface area (Å²) >= 11 is 0. The van der Waals surface area contributed by atoms with Gasteiger partial charge in [-0.3, -0.25) is 0 Å². The minimum Gasteiger partial charge on any atom is -0.354 e. The standard InChI is InChI=1S/C42H30N6/c1-48-25-38(43-26-48)42-36-23-21-34(46-36)40(28-13-7-3-8-14-28)32-19-17-30(44-32)39(27-11-5-2-6-12-27)31-18-20-33(45-31)41(29-15-9-4-10-16-29)35-22-24-37(42)47-35/h2-26,44,47H,1H3. The van der Waals surface area contributed by atoms with Gasteiger partial charge in [0.1, 0.15) is 0 Å². The van der Waals surface area contributed by atoms with Crippen molar-refractivity contribution in [3.05, 3.63) is 151 Å². The highest BCUT2D eigenvalue weighted by Gasteiger charge is 2.19. The lowest BCUT2D eigenvalue weighted by atomic mass is 10.0. The number of nitrogens with zero attached hydrogens (tertiary/aromatic N) is 4. The number of imidazole rings is 1. The first kappa shape index (κ1) is 27.8. The minimum absolute atomic E-state index is 0.843. The third-order valence-corrected chi connectivity index (χ3v) is 8.90. The number of nitrogens with one attached hydrogen (secondary N) is 2. The van der Waals surface area contributed by atoms with Crippen LogP contribution in [0.25, 0.3) is 91.0 Å². The molecule has 0 fully saturated rings. The average molecular weight is 619 g/mol. The van der Waals surface area contributed by atoms with Gasteiger partial charge in [-0.05, 0) is 65.3 Å². The number of H-pyrrole nitrogens is 2. The molecule has 9 rings (SSSR count). The molecule has 0 saturated carbocycles. The Balaban J connectivity index is 1.48. The van der Waals surface area contributed by atoms with Crippen LogP contribution in [0.2, 0.25) is 0 Å². The summed E-state index contributed by atoms with van der Waals surface area (Å²) in [5.41, 5.74) is 15.5. The molecule has 0 radical (unpaired) electrons. The highest BCUT2D eigenvalue weighted by molar-refractivity contribution is 5.99. The second-order valence-corrected chi connectivity index (χ2v) is 12.0. The SMILES string of the molecule is Cn1cnc(-c2c3nc(c(-c4ccccc4)c4ccc([nH]4)c(-c4ccccc4)c4nc(c(-c5ccccc5)c5ccc2[nH]5)C=C4)C=C3)c1. The lowest BCUT2D eigenvalue weighted by molar-refractivity contribution is 0.913. The Morgan fingerprint density at radius 1 is 0.438 bits per heavy atom. The van der Waals surface area contributed by atoms with Crippen molar-refractivity contribution in [1.82, 2.24) is 29.5 Å². The molecule has 2 aliphatic rings. The Hall–Kier alpha value is -6.53. The molecule has 4 aromatic heterocycles. The number of aryl methyl sites for hydroxylation is 1. The fourth-order valence-corrected chi connectivity index (χ4v) is 6.74. The maximum absolute atomic E-state index is 5.34. The van der Waals surface area contributed by atoms with E-state index in [0.29, 0.717) is 0 Å². The van der Waals surface area contributed by atoms with Crippen LogP contribution in [0, 0.1) is 0 Å². The van der Waals surface area contributed by atoms with E-state index in [1.165, 1.54) is 0 Å². The molecule has 0 atom stereocenters. The molecular weight excluding hydrogens is 589 g/mol. The zero-order valence-corrected chi connectivity index (χ0v) is 26.2. The van der Waals surface area contributed by atoms with E-state index in [9.17, 15) is 0 Å². The lowest BCUT2D eigenvalue weighted by Crippen LogP contribution is -1.89. The van der Waals surface area contributed by atoms with E-state index in [0.717, 1.165) is 89.5 Å². The van der Waals surface area contributed by atoms with Crippen LogP contribution in [0.5, 0.6) is 0 Å². The normalized spacial score (nSPS) is 12.1. The summed E-state index contributed by atoms with van der Waals surface area (Å²) in [4.78, 5) is 23.0. The van der Waals surface area contributed by atoms with Gasteiger partial charge in [0.25, 0.3) is 0 Å². The van der Waals surface area contributed by atoms with Gasteiger partial charge in [0.2, 0.25) is 0 Å². The molecule has 8 bridgehead atoms. The number of aromatic nitrogens is 6. The number of hydrogen-bond donors (Lipinski definition) is 2. The predicted molar refractivity (Wildman–Crippen MR) is 197 cm³/mol. The molecule has 48 heavy (non-hydrogen) atoms. The Bertz CT molecular complexity index is 2510. The van der Waals surface area contributed by atoms with Gasteiger partial charge in [-0.1, -0.05) is 91.0 Å². The van der Waals surface area contributed by atoms with Crippen LogP contribution in [0.1, 0.15) is 22.8 Å². The zero-order chi connectivity index (χ0) is 32.0. The first-order valence-electron chi connectivity index (χ1n) is 16.0. The van der Waals surface area contributed by atoms with Crippen LogP contribution in [0.3, 0.4) is 0 Å². The average Bonchev–Trinajstić information content (AvgIpc) is 3.98. The first-order valence-corrected chi connectivity index (χ1v) is 16.0. The molecule has 7 aromatic rings. The van der Waals surface area contributed by atoms with Crippen LogP contribution >= 0.6 is 0 Å². The number of benzene rings is 3. The Kier molecular flexibility index (Phi) is 6.57. The van der Waals surface area contributed by atoms with Crippen molar-refractivity contribution in [1.29, 1.82) is 0 Å². The number of hydrogen-bond acceptors (Lipinski definition) is 3. The van der Waals surface area contributed by atoms with E-state index in [4.69, 9.17) is 15.0 Å². The van der Waals surface area contributed by atoms with Gasteiger partial charge in [0, 0.05) is 46.5 Å². The highest BCUT2D eigenvalue weighted by atomic mass is 15.0. The van der Waals surface area contributed by atoms with E-state index in [-0.39, 0.29) is 0 Å². The molecule has 0 unspecified atom stereocenters. The molecule has 0 amide bonds. The number of fused-ring (bicyclic) bond motifs is 8. The van der Waals surface area contributed by atoms with Gasteiger partial charge >= 0.3 is 0 Å². The monoisotopic (exact) mass is 618 g/mol.